The van der Waals surface area contributed by atoms with Crippen LogP contribution in [0.4, 0.5) is 16.1 Å². The summed E-state index contributed by atoms with van der Waals surface area (Å²) in [5.41, 5.74) is 1.73. The molecule has 1 amide bonds. The fourth-order valence-corrected chi connectivity index (χ4v) is 3.73. The molecule has 0 spiro atoms. The highest BCUT2D eigenvalue weighted by molar-refractivity contribution is 7.19. The van der Waals surface area contributed by atoms with Gasteiger partial charge in [-0.3, -0.25) is 10.1 Å². The smallest absolute Gasteiger partial charge is 0.257 e. The van der Waals surface area contributed by atoms with Gasteiger partial charge in [0, 0.05) is 37.9 Å². The highest BCUT2D eigenvalue weighted by Gasteiger charge is 2.21. The summed E-state index contributed by atoms with van der Waals surface area (Å²) < 4.78 is 0. The van der Waals surface area contributed by atoms with Gasteiger partial charge in [-0.2, -0.15) is 0 Å². The first-order valence-corrected chi connectivity index (χ1v) is 9.63. The van der Waals surface area contributed by atoms with Gasteiger partial charge in [0.2, 0.25) is 10.3 Å². The van der Waals surface area contributed by atoms with Crippen LogP contribution in [0.3, 0.4) is 0 Å². The zero-order valence-corrected chi connectivity index (χ0v) is 15.8. The van der Waals surface area contributed by atoms with Gasteiger partial charge < -0.3 is 9.80 Å². The molecular formula is C19H20N6OS. The van der Waals surface area contributed by atoms with E-state index in [9.17, 15) is 4.79 Å². The molecule has 7 nitrogen and oxygen atoms in total. The van der Waals surface area contributed by atoms with Crippen molar-refractivity contribution in [1.29, 1.82) is 0 Å². The predicted molar refractivity (Wildman–Crippen MR) is 108 cm³/mol. The molecule has 4 rings (SSSR count). The van der Waals surface area contributed by atoms with Crippen LogP contribution in [-0.4, -0.2) is 47.3 Å². The fourth-order valence-electron chi connectivity index (χ4n) is 2.94. The van der Waals surface area contributed by atoms with Crippen molar-refractivity contribution in [2.75, 3.05) is 41.3 Å². The van der Waals surface area contributed by atoms with Crippen molar-refractivity contribution in [2.45, 2.75) is 6.92 Å². The summed E-state index contributed by atoms with van der Waals surface area (Å²) in [6.45, 7) is 5.43. The lowest BCUT2D eigenvalue weighted by Crippen LogP contribution is -2.46. The number of pyridine rings is 1. The molecule has 138 valence electrons. The van der Waals surface area contributed by atoms with Crippen LogP contribution >= 0.6 is 11.3 Å². The number of benzene rings is 1. The minimum atomic E-state index is -0.169. The average Bonchev–Trinajstić information content (AvgIpc) is 3.18. The normalized spacial score (nSPS) is 14.3. The van der Waals surface area contributed by atoms with Crippen molar-refractivity contribution in [1.82, 2.24) is 15.2 Å². The Morgan fingerprint density at radius 3 is 2.44 bits per heavy atom. The van der Waals surface area contributed by atoms with Crippen molar-refractivity contribution >= 4 is 33.3 Å². The predicted octanol–water partition coefficient (Wildman–Crippen LogP) is 2.82. The Hall–Kier alpha value is -3.00. The first-order valence-electron chi connectivity index (χ1n) is 8.81. The maximum Gasteiger partial charge on any atom is 0.257 e. The Morgan fingerprint density at radius 2 is 1.74 bits per heavy atom. The van der Waals surface area contributed by atoms with E-state index in [0.717, 1.165) is 42.7 Å². The van der Waals surface area contributed by atoms with Crippen LogP contribution in [0.25, 0.3) is 0 Å². The number of amides is 1. The summed E-state index contributed by atoms with van der Waals surface area (Å²) in [7, 11) is 0. The summed E-state index contributed by atoms with van der Waals surface area (Å²) in [6.07, 6.45) is 1.81. The van der Waals surface area contributed by atoms with E-state index in [1.54, 1.807) is 0 Å². The molecule has 0 atom stereocenters. The number of anilines is 3. The van der Waals surface area contributed by atoms with Gasteiger partial charge in [-0.25, -0.2) is 4.98 Å². The van der Waals surface area contributed by atoms with E-state index >= 15 is 0 Å². The molecule has 2 aromatic heterocycles. The summed E-state index contributed by atoms with van der Waals surface area (Å²) in [6, 6.07) is 13.4. The number of aromatic nitrogens is 3. The summed E-state index contributed by atoms with van der Waals surface area (Å²) in [5, 5.41) is 12.5. The van der Waals surface area contributed by atoms with E-state index in [-0.39, 0.29) is 5.91 Å². The van der Waals surface area contributed by atoms with E-state index in [1.807, 2.05) is 55.6 Å². The number of hydrogen-bond donors (Lipinski definition) is 1. The van der Waals surface area contributed by atoms with Gasteiger partial charge in [-0.15, -0.1) is 10.2 Å². The van der Waals surface area contributed by atoms with Gasteiger partial charge >= 0.3 is 0 Å². The van der Waals surface area contributed by atoms with E-state index in [1.165, 1.54) is 11.3 Å². The van der Waals surface area contributed by atoms with Gasteiger partial charge in [0.05, 0.1) is 0 Å². The van der Waals surface area contributed by atoms with E-state index in [4.69, 9.17) is 0 Å². The summed E-state index contributed by atoms with van der Waals surface area (Å²) >= 11 is 1.40. The van der Waals surface area contributed by atoms with Crippen LogP contribution in [0.15, 0.2) is 48.7 Å². The quantitative estimate of drug-likeness (QED) is 0.750. The molecule has 0 bridgehead atoms. The maximum absolute atomic E-state index is 12.3. The monoisotopic (exact) mass is 380 g/mol. The highest BCUT2D eigenvalue weighted by atomic mass is 32.1. The van der Waals surface area contributed by atoms with E-state index in [0.29, 0.717) is 10.7 Å². The van der Waals surface area contributed by atoms with Gasteiger partial charge in [-0.1, -0.05) is 35.1 Å². The molecule has 1 aliphatic heterocycles. The molecule has 1 fully saturated rings. The molecule has 1 N–H and O–H groups in total. The Kier molecular flexibility index (Phi) is 4.97. The number of carbonyl (C=O) groups is 1. The zero-order valence-electron chi connectivity index (χ0n) is 15.0. The summed E-state index contributed by atoms with van der Waals surface area (Å²) in [4.78, 5) is 21.2. The molecule has 0 unspecified atom stereocenters. The van der Waals surface area contributed by atoms with Crippen molar-refractivity contribution in [3.63, 3.8) is 0 Å². The highest BCUT2D eigenvalue weighted by Crippen LogP contribution is 2.26. The Morgan fingerprint density at radius 1 is 1.00 bits per heavy atom. The lowest BCUT2D eigenvalue weighted by Gasteiger charge is -2.34. The van der Waals surface area contributed by atoms with Gasteiger partial charge in [0.25, 0.3) is 5.91 Å². The van der Waals surface area contributed by atoms with E-state index < -0.39 is 0 Å². The Labute approximate surface area is 161 Å². The SMILES string of the molecule is Cc1ccc(C(=O)Nc2nnc(N3CCN(c4ccccn4)CC3)s2)cc1. The van der Waals surface area contributed by atoms with Crippen molar-refractivity contribution in [3.8, 4) is 0 Å². The molecule has 8 heteroatoms. The second kappa shape index (κ2) is 7.71. The van der Waals surface area contributed by atoms with Crippen molar-refractivity contribution in [3.05, 3.63) is 59.8 Å². The van der Waals surface area contributed by atoms with Crippen molar-refractivity contribution < 1.29 is 4.79 Å². The zero-order chi connectivity index (χ0) is 18.6. The lowest BCUT2D eigenvalue weighted by atomic mass is 10.1. The molecule has 0 saturated carbocycles. The first-order chi connectivity index (χ1) is 13.2. The Bertz CT molecular complexity index is 903. The second-order valence-corrected chi connectivity index (χ2v) is 7.33. The van der Waals surface area contributed by atoms with E-state index in [2.05, 4.69) is 30.3 Å². The standard InChI is InChI=1S/C19H20N6OS/c1-14-5-7-15(8-6-14)17(26)21-18-22-23-19(27-18)25-12-10-24(11-13-25)16-4-2-3-9-20-16/h2-9H,10-13H2,1H3,(H,21,22,26). The van der Waals surface area contributed by atoms with Crippen LogP contribution in [0.5, 0.6) is 0 Å². The number of nitrogens with one attached hydrogen (secondary N) is 1. The molecule has 3 aromatic rings. The van der Waals surface area contributed by atoms with Gasteiger partial charge in [0.1, 0.15) is 5.82 Å². The third kappa shape index (κ3) is 4.06. The molecule has 3 heterocycles. The molecule has 27 heavy (non-hydrogen) atoms. The van der Waals surface area contributed by atoms with Gasteiger partial charge in [0.15, 0.2) is 0 Å². The van der Waals surface area contributed by atoms with Crippen molar-refractivity contribution in [2.24, 2.45) is 0 Å². The average molecular weight is 380 g/mol. The van der Waals surface area contributed by atoms with Crippen LogP contribution in [-0.2, 0) is 0 Å². The largest absolute Gasteiger partial charge is 0.353 e. The topological polar surface area (TPSA) is 74.2 Å². The number of hydrogen-bond acceptors (Lipinski definition) is 7. The number of nitrogens with zero attached hydrogens (tertiary/aromatic N) is 5. The second-order valence-electron chi connectivity index (χ2n) is 6.37. The molecular weight excluding hydrogens is 360 g/mol. The number of aryl methyl sites for hydroxylation is 1. The Balaban J connectivity index is 1.36. The lowest BCUT2D eigenvalue weighted by molar-refractivity contribution is 0.102. The molecule has 1 aromatic carbocycles. The van der Waals surface area contributed by atoms with Crippen LogP contribution in [0, 0.1) is 6.92 Å². The third-order valence-electron chi connectivity index (χ3n) is 4.47. The minimum absolute atomic E-state index is 0.169. The first kappa shape index (κ1) is 17.4. The minimum Gasteiger partial charge on any atom is -0.353 e. The molecule has 0 aliphatic carbocycles. The number of piperazine rings is 1. The van der Waals surface area contributed by atoms with Crippen LogP contribution < -0.4 is 15.1 Å². The number of carbonyl (C=O) groups excluding carboxylic acids is 1. The third-order valence-corrected chi connectivity index (χ3v) is 5.37. The van der Waals surface area contributed by atoms with Crippen LogP contribution in [0.2, 0.25) is 0 Å². The van der Waals surface area contributed by atoms with Crippen LogP contribution in [0.1, 0.15) is 15.9 Å². The molecule has 0 radical (unpaired) electrons. The molecule has 1 saturated heterocycles. The number of rotatable bonds is 4. The maximum atomic E-state index is 12.3. The van der Waals surface area contributed by atoms with Gasteiger partial charge in [-0.05, 0) is 31.2 Å². The molecule has 1 aliphatic rings. The fraction of sp³-hybridized carbons (Fsp3) is 0.263. The summed E-state index contributed by atoms with van der Waals surface area (Å²) in [5.74, 6) is 0.832.